The van der Waals surface area contributed by atoms with Crippen molar-refractivity contribution < 1.29 is 4.79 Å². The Morgan fingerprint density at radius 2 is 1.96 bits per heavy atom. The van der Waals surface area contributed by atoms with E-state index in [0.717, 1.165) is 32.4 Å². The molecule has 2 aromatic rings. The Labute approximate surface area is 155 Å². The molecule has 2 aliphatic rings. The molecule has 0 saturated carbocycles. The molecule has 4 rings (SSSR count). The van der Waals surface area contributed by atoms with Crippen LogP contribution in [0.2, 0.25) is 0 Å². The van der Waals surface area contributed by atoms with E-state index in [9.17, 15) is 4.79 Å². The predicted molar refractivity (Wildman–Crippen MR) is 107 cm³/mol. The quantitative estimate of drug-likeness (QED) is 0.906. The molecule has 3 heterocycles. The van der Waals surface area contributed by atoms with Crippen molar-refractivity contribution in [2.75, 3.05) is 19.6 Å². The monoisotopic (exact) mass is 351 g/mol. The average Bonchev–Trinajstić information content (AvgIpc) is 3.06. The van der Waals surface area contributed by atoms with Crippen molar-refractivity contribution in [3.05, 3.63) is 42.1 Å². The van der Waals surface area contributed by atoms with E-state index >= 15 is 0 Å². The Kier molecular flexibility index (Phi) is 4.86. The van der Waals surface area contributed by atoms with Crippen molar-refractivity contribution in [2.45, 2.75) is 51.6 Å². The van der Waals surface area contributed by atoms with Crippen molar-refractivity contribution in [3.8, 4) is 0 Å². The van der Waals surface area contributed by atoms with Gasteiger partial charge in [0.2, 0.25) is 5.91 Å². The first-order valence-corrected chi connectivity index (χ1v) is 9.92. The molecule has 26 heavy (non-hydrogen) atoms. The number of hydrogen-bond donors (Lipinski definition) is 1. The summed E-state index contributed by atoms with van der Waals surface area (Å²) in [5, 5.41) is 1.29. The largest absolute Gasteiger partial charge is 0.361 e. The van der Waals surface area contributed by atoms with Crippen LogP contribution in [-0.2, 0) is 4.79 Å². The van der Waals surface area contributed by atoms with Crippen LogP contribution in [0.15, 0.2) is 36.5 Å². The van der Waals surface area contributed by atoms with Gasteiger partial charge in [-0.05, 0) is 51.2 Å². The lowest BCUT2D eigenvalue weighted by Gasteiger charge is -2.40. The summed E-state index contributed by atoms with van der Waals surface area (Å²) >= 11 is 0. The first kappa shape index (κ1) is 17.3. The second-order valence-corrected chi connectivity index (χ2v) is 7.89. The van der Waals surface area contributed by atoms with E-state index in [-0.39, 0.29) is 0 Å². The minimum atomic E-state index is 0.300. The van der Waals surface area contributed by atoms with Gasteiger partial charge in [0.25, 0.3) is 0 Å². The molecule has 0 spiro atoms. The van der Waals surface area contributed by atoms with E-state index in [0.29, 0.717) is 24.5 Å². The molecule has 1 aromatic carbocycles. The van der Waals surface area contributed by atoms with Gasteiger partial charge in [0.05, 0.1) is 6.54 Å². The molecule has 4 nitrogen and oxygen atoms in total. The SMILES string of the molecule is C[C@@H]1CCC[C@@H](C)N1C(=O)CN1CC=C(c2c[nH]c3ccccc23)CC1. The molecule has 138 valence electrons. The Hall–Kier alpha value is -2.07. The Morgan fingerprint density at radius 3 is 2.69 bits per heavy atom. The Morgan fingerprint density at radius 1 is 1.19 bits per heavy atom. The van der Waals surface area contributed by atoms with Crippen LogP contribution in [0.5, 0.6) is 0 Å². The molecule has 0 aliphatic carbocycles. The Balaban J connectivity index is 1.42. The van der Waals surface area contributed by atoms with Gasteiger partial charge in [0, 0.05) is 47.8 Å². The number of hydrogen-bond acceptors (Lipinski definition) is 2. The molecule has 0 bridgehead atoms. The van der Waals surface area contributed by atoms with E-state index < -0.39 is 0 Å². The summed E-state index contributed by atoms with van der Waals surface area (Å²) in [4.78, 5) is 20.6. The van der Waals surface area contributed by atoms with Crippen LogP contribution < -0.4 is 0 Å². The molecular weight excluding hydrogens is 322 g/mol. The zero-order valence-electron chi connectivity index (χ0n) is 15.9. The molecule has 0 unspecified atom stereocenters. The highest BCUT2D eigenvalue weighted by atomic mass is 16.2. The normalized spacial score (nSPS) is 24.7. The van der Waals surface area contributed by atoms with Gasteiger partial charge in [-0.2, -0.15) is 0 Å². The number of H-pyrrole nitrogens is 1. The van der Waals surface area contributed by atoms with Crippen molar-refractivity contribution in [1.82, 2.24) is 14.8 Å². The second kappa shape index (κ2) is 7.28. The van der Waals surface area contributed by atoms with E-state index in [4.69, 9.17) is 0 Å². The summed E-state index contributed by atoms with van der Waals surface area (Å²) in [6.07, 6.45) is 8.94. The van der Waals surface area contributed by atoms with Gasteiger partial charge >= 0.3 is 0 Å². The lowest BCUT2D eigenvalue weighted by molar-refractivity contribution is -0.138. The zero-order chi connectivity index (χ0) is 18.1. The number of nitrogens with one attached hydrogen (secondary N) is 1. The van der Waals surface area contributed by atoms with E-state index in [1.807, 2.05) is 0 Å². The predicted octanol–water partition coefficient (Wildman–Crippen LogP) is 4.05. The first-order chi connectivity index (χ1) is 12.6. The van der Waals surface area contributed by atoms with Crippen LogP contribution >= 0.6 is 0 Å². The van der Waals surface area contributed by atoms with E-state index in [1.165, 1.54) is 28.5 Å². The van der Waals surface area contributed by atoms with Gasteiger partial charge in [-0.25, -0.2) is 0 Å². The van der Waals surface area contributed by atoms with Gasteiger partial charge in [-0.3, -0.25) is 9.69 Å². The van der Waals surface area contributed by atoms with Crippen molar-refractivity contribution >= 4 is 22.4 Å². The molecule has 2 aliphatic heterocycles. The van der Waals surface area contributed by atoms with Crippen LogP contribution in [0.4, 0.5) is 0 Å². The second-order valence-electron chi connectivity index (χ2n) is 7.89. The van der Waals surface area contributed by atoms with Crippen LogP contribution in [0.1, 0.15) is 45.1 Å². The fourth-order valence-corrected chi connectivity index (χ4v) is 4.62. The molecule has 0 radical (unpaired) electrons. The zero-order valence-corrected chi connectivity index (χ0v) is 15.9. The summed E-state index contributed by atoms with van der Waals surface area (Å²) in [7, 11) is 0. The molecule has 1 N–H and O–H groups in total. The number of amides is 1. The Bertz CT molecular complexity index is 812. The average molecular weight is 351 g/mol. The molecule has 1 saturated heterocycles. The summed E-state index contributed by atoms with van der Waals surface area (Å²) in [6, 6.07) is 9.22. The van der Waals surface area contributed by atoms with E-state index in [1.54, 1.807) is 0 Å². The van der Waals surface area contributed by atoms with Gasteiger partial charge in [-0.1, -0.05) is 24.3 Å². The standard InChI is InChI=1S/C22H29N3O/c1-16-6-5-7-17(2)25(16)22(26)15-24-12-10-18(11-13-24)20-14-23-21-9-4-3-8-19(20)21/h3-4,8-10,14,16-17,23H,5-7,11-13,15H2,1-2H3/t16-,17-/m1/s1. The third-order valence-electron chi connectivity index (χ3n) is 6.07. The first-order valence-electron chi connectivity index (χ1n) is 9.92. The number of carbonyl (C=O) groups is 1. The van der Waals surface area contributed by atoms with Crippen molar-refractivity contribution in [1.29, 1.82) is 0 Å². The number of fused-ring (bicyclic) bond motifs is 1. The summed E-state index contributed by atoms with van der Waals surface area (Å²) in [5.74, 6) is 0.300. The molecule has 1 fully saturated rings. The minimum Gasteiger partial charge on any atom is -0.361 e. The van der Waals surface area contributed by atoms with Crippen LogP contribution in [0.25, 0.3) is 16.5 Å². The number of rotatable bonds is 3. The fraction of sp³-hybridized carbons (Fsp3) is 0.500. The molecule has 1 amide bonds. The lowest BCUT2D eigenvalue weighted by Crippen LogP contribution is -2.51. The number of para-hydroxylation sites is 1. The highest BCUT2D eigenvalue weighted by Crippen LogP contribution is 2.29. The summed E-state index contributed by atoms with van der Waals surface area (Å²) in [6.45, 7) is 6.74. The third kappa shape index (κ3) is 3.30. The van der Waals surface area contributed by atoms with Crippen molar-refractivity contribution in [2.24, 2.45) is 0 Å². The third-order valence-corrected chi connectivity index (χ3v) is 6.07. The van der Waals surface area contributed by atoms with Crippen LogP contribution in [-0.4, -0.2) is 52.4 Å². The topological polar surface area (TPSA) is 39.3 Å². The smallest absolute Gasteiger partial charge is 0.237 e. The summed E-state index contributed by atoms with van der Waals surface area (Å²) < 4.78 is 0. The number of piperidine rings is 1. The molecule has 1 aromatic heterocycles. The number of aromatic amines is 1. The van der Waals surface area contributed by atoms with Gasteiger partial charge in [-0.15, -0.1) is 0 Å². The molecular formula is C22H29N3O. The minimum absolute atomic E-state index is 0.300. The maximum Gasteiger partial charge on any atom is 0.237 e. The maximum atomic E-state index is 12.8. The van der Waals surface area contributed by atoms with Crippen molar-refractivity contribution in [3.63, 3.8) is 0 Å². The highest BCUT2D eigenvalue weighted by Gasteiger charge is 2.30. The number of likely N-dealkylation sites (tertiary alicyclic amines) is 1. The van der Waals surface area contributed by atoms with Gasteiger partial charge < -0.3 is 9.88 Å². The van der Waals surface area contributed by atoms with Gasteiger partial charge in [0.1, 0.15) is 0 Å². The number of nitrogens with zero attached hydrogens (tertiary/aromatic N) is 2. The van der Waals surface area contributed by atoms with Gasteiger partial charge in [0.15, 0.2) is 0 Å². The fourth-order valence-electron chi connectivity index (χ4n) is 4.62. The number of carbonyl (C=O) groups excluding carboxylic acids is 1. The van der Waals surface area contributed by atoms with Crippen LogP contribution in [0, 0.1) is 0 Å². The summed E-state index contributed by atoms with van der Waals surface area (Å²) in [5.41, 5.74) is 3.89. The van der Waals surface area contributed by atoms with E-state index in [2.05, 4.69) is 65.2 Å². The highest BCUT2D eigenvalue weighted by molar-refractivity contribution is 5.92. The maximum absolute atomic E-state index is 12.8. The molecule has 2 atom stereocenters. The lowest BCUT2D eigenvalue weighted by atomic mass is 9.97. The number of aromatic nitrogens is 1. The number of benzene rings is 1. The molecule has 4 heteroatoms. The van der Waals surface area contributed by atoms with Crippen LogP contribution in [0.3, 0.4) is 0 Å².